The van der Waals surface area contributed by atoms with E-state index in [1.807, 2.05) is 46.8 Å². The van der Waals surface area contributed by atoms with Crippen LogP contribution in [0.25, 0.3) is 10.9 Å². The molecule has 0 bridgehead atoms. The van der Waals surface area contributed by atoms with Gasteiger partial charge >= 0.3 is 0 Å². The first-order chi connectivity index (χ1) is 13.0. The smallest absolute Gasteiger partial charge is 0.270 e. The second-order valence-corrected chi connectivity index (χ2v) is 7.37. The molecule has 138 valence electrons. The monoisotopic (exact) mass is 381 g/mol. The molecule has 1 saturated heterocycles. The minimum absolute atomic E-state index is 0.00597. The highest BCUT2D eigenvalue weighted by atomic mass is 35.5. The minimum atomic E-state index is -0.0739. The first-order valence-corrected chi connectivity index (χ1v) is 9.42. The number of likely N-dealkylation sites (tertiary alicyclic amines) is 1. The summed E-state index contributed by atoms with van der Waals surface area (Å²) in [4.78, 5) is 31.5. The molecule has 6 heteroatoms. The van der Waals surface area contributed by atoms with Gasteiger partial charge in [0.2, 0.25) is 0 Å². The minimum Gasteiger partial charge on any atom is -0.340 e. The number of hydrogen-bond donors (Lipinski definition) is 0. The summed E-state index contributed by atoms with van der Waals surface area (Å²) in [6, 6.07) is 12.9. The average molecular weight is 382 g/mol. The van der Waals surface area contributed by atoms with Crippen molar-refractivity contribution in [1.29, 1.82) is 0 Å². The fourth-order valence-electron chi connectivity index (χ4n) is 3.75. The summed E-state index contributed by atoms with van der Waals surface area (Å²) in [7, 11) is 1.89. The Kier molecular flexibility index (Phi) is 4.70. The molecule has 0 N–H and O–H groups in total. The van der Waals surface area contributed by atoms with Crippen LogP contribution in [0.3, 0.4) is 0 Å². The van der Waals surface area contributed by atoms with Crippen molar-refractivity contribution in [2.75, 3.05) is 13.1 Å². The van der Waals surface area contributed by atoms with Crippen LogP contribution in [0.5, 0.6) is 0 Å². The lowest BCUT2D eigenvalue weighted by Gasteiger charge is -2.31. The van der Waals surface area contributed by atoms with Gasteiger partial charge in [0.25, 0.3) is 5.91 Å². The fraction of sp³-hybridized carbons (Fsp3) is 0.286. The molecule has 3 heterocycles. The zero-order chi connectivity index (χ0) is 19.0. The number of aromatic nitrogens is 2. The normalized spacial score (nSPS) is 15.3. The van der Waals surface area contributed by atoms with Crippen molar-refractivity contribution in [2.45, 2.75) is 12.8 Å². The number of Topliss-reactive ketones (excluding diaryl/α,β-unsaturated/α-hetero) is 1. The highest BCUT2D eigenvalue weighted by Gasteiger charge is 2.30. The maximum absolute atomic E-state index is 13.0. The van der Waals surface area contributed by atoms with Gasteiger partial charge in [-0.2, -0.15) is 0 Å². The van der Waals surface area contributed by atoms with Crippen LogP contribution in [0.15, 0.2) is 48.7 Å². The number of ketones is 1. The van der Waals surface area contributed by atoms with E-state index >= 15 is 0 Å². The third kappa shape index (κ3) is 3.35. The van der Waals surface area contributed by atoms with Gasteiger partial charge in [-0.15, -0.1) is 0 Å². The van der Waals surface area contributed by atoms with Crippen molar-refractivity contribution in [1.82, 2.24) is 14.5 Å². The van der Waals surface area contributed by atoms with Crippen LogP contribution in [0.1, 0.15) is 33.8 Å². The topological polar surface area (TPSA) is 55.2 Å². The number of fused-ring (bicyclic) bond motifs is 1. The molecule has 0 atom stereocenters. The maximum Gasteiger partial charge on any atom is 0.270 e. The number of rotatable bonds is 3. The van der Waals surface area contributed by atoms with Gasteiger partial charge in [0, 0.05) is 48.2 Å². The predicted octanol–water partition coefficient (Wildman–Crippen LogP) is 3.96. The third-order valence-electron chi connectivity index (χ3n) is 5.29. The lowest BCUT2D eigenvalue weighted by molar-refractivity contribution is 0.0641. The number of piperidine rings is 1. The van der Waals surface area contributed by atoms with E-state index < -0.39 is 0 Å². The quantitative estimate of drug-likeness (QED) is 0.645. The summed E-state index contributed by atoms with van der Waals surface area (Å²) in [5.41, 5.74) is 2.12. The molecule has 1 amide bonds. The summed E-state index contributed by atoms with van der Waals surface area (Å²) >= 11 is 6.06. The average Bonchev–Trinajstić information content (AvgIpc) is 3.03. The molecule has 2 aromatic heterocycles. The third-order valence-corrected chi connectivity index (χ3v) is 5.53. The molecule has 5 nitrogen and oxygen atoms in total. The first kappa shape index (κ1) is 17.7. The molecule has 3 aromatic rings. The molecule has 1 aliphatic rings. The van der Waals surface area contributed by atoms with Crippen LogP contribution in [-0.4, -0.2) is 39.2 Å². The predicted molar refractivity (Wildman–Crippen MR) is 105 cm³/mol. The van der Waals surface area contributed by atoms with Gasteiger partial charge in [0.1, 0.15) is 11.4 Å². The summed E-state index contributed by atoms with van der Waals surface area (Å²) < 4.78 is 1.90. The van der Waals surface area contributed by atoms with Gasteiger partial charge in [-0.3, -0.25) is 14.6 Å². The van der Waals surface area contributed by atoms with E-state index in [2.05, 4.69) is 4.98 Å². The second kappa shape index (κ2) is 7.16. The highest BCUT2D eigenvalue weighted by molar-refractivity contribution is 6.31. The number of nitrogens with zero attached hydrogens (tertiary/aromatic N) is 3. The summed E-state index contributed by atoms with van der Waals surface area (Å²) in [5.74, 6) is -0.00857. The molecule has 1 aromatic carbocycles. The first-order valence-electron chi connectivity index (χ1n) is 9.04. The van der Waals surface area contributed by atoms with Crippen molar-refractivity contribution >= 4 is 34.2 Å². The van der Waals surface area contributed by atoms with Crippen LogP contribution < -0.4 is 0 Å². The van der Waals surface area contributed by atoms with E-state index in [4.69, 9.17) is 11.6 Å². The van der Waals surface area contributed by atoms with Crippen molar-refractivity contribution in [3.8, 4) is 0 Å². The van der Waals surface area contributed by atoms with Gasteiger partial charge < -0.3 is 9.47 Å². The van der Waals surface area contributed by atoms with Gasteiger partial charge in [-0.05, 0) is 49.2 Å². The van der Waals surface area contributed by atoms with Crippen LogP contribution in [-0.2, 0) is 7.05 Å². The molecule has 27 heavy (non-hydrogen) atoms. The zero-order valence-corrected chi connectivity index (χ0v) is 15.8. The lowest BCUT2D eigenvalue weighted by Crippen LogP contribution is -2.41. The summed E-state index contributed by atoms with van der Waals surface area (Å²) in [5, 5.41) is 1.61. The molecular weight excluding hydrogens is 362 g/mol. The summed E-state index contributed by atoms with van der Waals surface area (Å²) in [6.07, 6.45) is 2.96. The Balaban J connectivity index is 1.48. The van der Waals surface area contributed by atoms with Crippen molar-refractivity contribution in [2.24, 2.45) is 13.0 Å². The Labute approximate surface area is 162 Å². The number of halogens is 1. The van der Waals surface area contributed by atoms with E-state index in [9.17, 15) is 9.59 Å². The van der Waals surface area contributed by atoms with E-state index in [-0.39, 0.29) is 17.6 Å². The molecule has 1 fully saturated rings. The molecule has 0 unspecified atom stereocenters. The molecule has 0 spiro atoms. The number of benzene rings is 1. The Morgan fingerprint density at radius 2 is 1.89 bits per heavy atom. The standard InChI is InChI=1S/C21H20ClN3O2/c1-24-18-6-5-16(22)12-15(18)13-19(24)21(27)25-10-7-14(8-11-25)20(26)17-4-2-3-9-23-17/h2-6,9,12-14H,7-8,10-11H2,1H3. The van der Waals surface area contributed by atoms with Crippen molar-refractivity contribution in [3.63, 3.8) is 0 Å². The molecular formula is C21H20ClN3O2. The SMILES string of the molecule is Cn1c(C(=O)N2CCC(C(=O)c3ccccn3)CC2)cc2cc(Cl)ccc21. The van der Waals surface area contributed by atoms with Gasteiger partial charge in [-0.1, -0.05) is 17.7 Å². The van der Waals surface area contributed by atoms with Crippen molar-refractivity contribution < 1.29 is 9.59 Å². The maximum atomic E-state index is 13.0. The molecule has 1 aliphatic heterocycles. The number of carbonyl (C=O) groups excluding carboxylic acids is 2. The molecule has 0 aliphatic carbocycles. The van der Waals surface area contributed by atoms with Crippen LogP contribution in [0.2, 0.25) is 5.02 Å². The molecule has 4 rings (SSSR count). The van der Waals surface area contributed by atoms with Gasteiger partial charge in [-0.25, -0.2) is 0 Å². The highest BCUT2D eigenvalue weighted by Crippen LogP contribution is 2.26. The van der Waals surface area contributed by atoms with Gasteiger partial charge in [0.05, 0.1) is 0 Å². The van der Waals surface area contributed by atoms with Crippen LogP contribution in [0.4, 0.5) is 0 Å². The Hall–Kier alpha value is -2.66. The van der Waals surface area contributed by atoms with E-state index in [1.54, 1.807) is 18.3 Å². The van der Waals surface area contributed by atoms with Crippen molar-refractivity contribution in [3.05, 3.63) is 65.1 Å². The number of carbonyl (C=O) groups is 2. The second-order valence-electron chi connectivity index (χ2n) is 6.94. The van der Waals surface area contributed by atoms with Gasteiger partial charge in [0.15, 0.2) is 5.78 Å². The van der Waals surface area contributed by atoms with E-state index in [0.29, 0.717) is 42.3 Å². The molecule has 0 radical (unpaired) electrons. The van der Waals surface area contributed by atoms with E-state index in [0.717, 1.165) is 10.9 Å². The Bertz CT molecular complexity index is 1000. The number of hydrogen-bond acceptors (Lipinski definition) is 3. The number of pyridine rings is 1. The summed E-state index contributed by atoms with van der Waals surface area (Å²) in [6.45, 7) is 1.15. The largest absolute Gasteiger partial charge is 0.340 e. The fourth-order valence-corrected chi connectivity index (χ4v) is 3.93. The molecule has 0 saturated carbocycles. The lowest BCUT2D eigenvalue weighted by atomic mass is 9.90. The van der Waals surface area contributed by atoms with Crippen LogP contribution in [0, 0.1) is 5.92 Å². The Morgan fingerprint density at radius 3 is 2.59 bits per heavy atom. The number of aryl methyl sites for hydroxylation is 1. The number of amides is 1. The Morgan fingerprint density at radius 1 is 1.11 bits per heavy atom. The van der Waals surface area contributed by atoms with E-state index in [1.165, 1.54) is 0 Å². The zero-order valence-electron chi connectivity index (χ0n) is 15.1. The van der Waals surface area contributed by atoms with Crippen LogP contribution >= 0.6 is 11.6 Å².